The second kappa shape index (κ2) is 16.8. The molecule has 1 aliphatic rings. The average Bonchev–Trinajstić information content (AvgIpc) is 3.44. The van der Waals surface area contributed by atoms with Gasteiger partial charge in [0.15, 0.2) is 13.2 Å². The summed E-state index contributed by atoms with van der Waals surface area (Å²) in [5, 5.41) is 0. The van der Waals surface area contributed by atoms with E-state index in [1.165, 1.54) is 57.4 Å². The molecule has 0 bridgehead atoms. The SMILES string of the molecule is COC(=O)COc1ccc(SCCCc2ccc3c(c2)Cc2cc(CCCSc4ccc(OCC(=O)OC)c(C)c4)ccc2-3)cc1C. The van der Waals surface area contributed by atoms with E-state index in [0.29, 0.717) is 11.5 Å². The van der Waals surface area contributed by atoms with E-state index in [2.05, 4.69) is 70.1 Å². The molecule has 0 aliphatic heterocycles. The van der Waals surface area contributed by atoms with Crippen molar-refractivity contribution in [3.05, 3.63) is 106 Å². The highest BCUT2D eigenvalue weighted by Crippen LogP contribution is 2.38. The molecule has 0 N–H and O–H groups in total. The summed E-state index contributed by atoms with van der Waals surface area (Å²) in [6, 6.07) is 26.2. The van der Waals surface area contributed by atoms with Gasteiger partial charge in [-0.05, 0) is 138 Å². The Kier molecular flexibility index (Phi) is 12.3. The van der Waals surface area contributed by atoms with Crippen molar-refractivity contribution in [3.63, 3.8) is 0 Å². The van der Waals surface area contributed by atoms with E-state index in [1.54, 1.807) is 0 Å². The second-order valence-electron chi connectivity index (χ2n) is 11.6. The van der Waals surface area contributed by atoms with Crippen LogP contribution in [0.2, 0.25) is 0 Å². The number of esters is 2. The highest BCUT2D eigenvalue weighted by molar-refractivity contribution is 7.99. The lowest BCUT2D eigenvalue weighted by molar-refractivity contribution is -0.143. The van der Waals surface area contributed by atoms with E-state index >= 15 is 0 Å². The minimum absolute atomic E-state index is 0.0765. The van der Waals surface area contributed by atoms with E-state index in [1.807, 2.05) is 49.5 Å². The summed E-state index contributed by atoms with van der Waals surface area (Å²) in [4.78, 5) is 25.1. The fourth-order valence-electron chi connectivity index (χ4n) is 5.70. The first kappa shape index (κ1) is 34.5. The summed E-state index contributed by atoms with van der Waals surface area (Å²) < 4.78 is 20.4. The van der Waals surface area contributed by atoms with Gasteiger partial charge in [-0.3, -0.25) is 0 Å². The molecule has 47 heavy (non-hydrogen) atoms. The predicted octanol–water partition coefficient (Wildman–Crippen LogP) is 8.43. The quantitative estimate of drug-likeness (QED) is 0.0589. The largest absolute Gasteiger partial charge is 0.482 e. The molecule has 0 saturated carbocycles. The summed E-state index contributed by atoms with van der Waals surface area (Å²) >= 11 is 3.70. The highest BCUT2D eigenvalue weighted by Gasteiger charge is 2.19. The number of ether oxygens (including phenoxy) is 4. The average molecular weight is 671 g/mol. The van der Waals surface area contributed by atoms with Gasteiger partial charge in [-0.15, -0.1) is 23.5 Å². The zero-order chi connectivity index (χ0) is 33.2. The van der Waals surface area contributed by atoms with Gasteiger partial charge in [0.05, 0.1) is 14.2 Å². The standard InChI is InChI=1S/C39H42O6S2/c1-26-19-32(11-15-36(26)44-24-38(40)42-3)46-17-5-7-28-9-13-34-30(21-28)23-31-22-29(10-14-35(31)34)8-6-18-47-33-12-16-37(27(2)20-33)45-25-39(41)43-4/h9-16,19-22H,5-8,17-18,23-25H2,1-4H3. The maximum atomic E-state index is 11.4. The van der Waals surface area contributed by atoms with E-state index < -0.39 is 0 Å². The Labute approximate surface area is 286 Å². The van der Waals surface area contributed by atoms with Crippen LogP contribution in [0, 0.1) is 13.8 Å². The predicted molar refractivity (Wildman–Crippen MR) is 190 cm³/mol. The summed E-state index contributed by atoms with van der Waals surface area (Å²) in [7, 11) is 2.72. The number of carbonyl (C=O) groups is 2. The number of fused-ring (bicyclic) bond motifs is 3. The van der Waals surface area contributed by atoms with Crippen LogP contribution in [0.15, 0.2) is 82.6 Å². The van der Waals surface area contributed by atoms with Gasteiger partial charge in [-0.2, -0.15) is 0 Å². The summed E-state index contributed by atoms with van der Waals surface area (Å²) in [5.41, 5.74) is 10.4. The van der Waals surface area contributed by atoms with Crippen LogP contribution in [0.1, 0.15) is 46.2 Å². The third kappa shape index (κ3) is 9.58. The van der Waals surface area contributed by atoms with E-state index in [9.17, 15) is 9.59 Å². The number of hydrogen-bond donors (Lipinski definition) is 0. The van der Waals surface area contributed by atoms with Gasteiger partial charge in [-0.1, -0.05) is 36.4 Å². The molecule has 8 heteroatoms. The summed E-state index contributed by atoms with van der Waals surface area (Å²) in [6.45, 7) is 3.84. The number of benzene rings is 4. The van der Waals surface area contributed by atoms with Gasteiger partial charge < -0.3 is 18.9 Å². The molecule has 0 unspecified atom stereocenters. The van der Waals surface area contributed by atoms with Crippen LogP contribution in [0.3, 0.4) is 0 Å². The lowest BCUT2D eigenvalue weighted by Gasteiger charge is -2.10. The smallest absolute Gasteiger partial charge is 0.343 e. The summed E-state index contributed by atoms with van der Waals surface area (Å²) in [6.07, 6.45) is 5.32. The summed E-state index contributed by atoms with van der Waals surface area (Å²) in [5.74, 6) is 2.74. The lowest BCUT2D eigenvalue weighted by Crippen LogP contribution is -2.12. The monoisotopic (exact) mass is 670 g/mol. The van der Waals surface area contributed by atoms with Crippen LogP contribution in [0.5, 0.6) is 11.5 Å². The van der Waals surface area contributed by atoms with Crippen molar-refractivity contribution in [1.82, 2.24) is 0 Å². The molecular formula is C39H42O6S2. The second-order valence-corrected chi connectivity index (χ2v) is 14.0. The number of thioether (sulfide) groups is 2. The molecule has 0 heterocycles. The van der Waals surface area contributed by atoms with E-state index in [0.717, 1.165) is 54.7 Å². The van der Waals surface area contributed by atoms with Crippen LogP contribution in [-0.4, -0.2) is 50.9 Å². The third-order valence-corrected chi connectivity index (χ3v) is 10.4. The van der Waals surface area contributed by atoms with Crippen LogP contribution in [-0.2, 0) is 38.3 Å². The molecule has 0 radical (unpaired) electrons. The molecule has 4 aromatic carbocycles. The van der Waals surface area contributed by atoms with Crippen molar-refractivity contribution < 1.29 is 28.5 Å². The maximum absolute atomic E-state index is 11.4. The fourth-order valence-corrected chi connectivity index (χ4v) is 7.60. The zero-order valence-corrected chi connectivity index (χ0v) is 29.2. The number of aryl methyl sites for hydroxylation is 4. The number of rotatable bonds is 16. The first-order valence-corrected chi connectivity index (χ1v) is 17.9. The molecule has 4 aromatic rings. The Balaban J connectivity index is 1.05. The molecule has 5 rings (SSSR count). The van der Waals surface area contributed by atoms with Crippen LogP contribution >= 0.6 is 23.5 Å². The van der Waals surface area contributed by atoms with Crippen molar-refractivity contribution >= 4 is 35.5 Å². The highest BCUT2D eigenvalue weighted by atomic mass is 32.2. The van der Waals surface area contributed by atoms with Gasteiger partial charge in [0, 0.05) is 9.79 Å². The molecule has 6 nitrogen and oxygen atoms in total. The first-order valence-electron chi connectivity index (χ1n) is 15.9. The molecule has 0 atom stereocenters. The van der Waals surface area contributed by atoms with Gasteiger partial charge in [0.1, 0.15) is 11.5 Å². The normalized spacial score (nSPS) is 11.5. The zero-order valence-electron chi connectivity index (χ0n) is 27.6. The molecule has 0 spiro atoms. The van der Waals surface area contributed by atoms with Crippen molar-refractivity contribution in [2.75, 3.05) is 38.9 Å². The van der Waals surface area contributed by atoms with Crippen molar-refractivity contribution in [2.24, 2.45) is 0 Å². The van der Waals surface area contributed by atoms with Gasteiger partial charge in [0.2, 0.25) is 0 Å². The van der Waals surface area contributed by atoms with Crippen LogP contribution < -0.4 is 9.47 Å². The Morgan fingerprint density at radius 2 is 1.06 bits per heavy atom. The van der Waals surface area contributed by atoms with Gasteiger partial charge >= 0.3 is 11.9 Å². The van der Waals surface area contributed by atoms with E-state index in [4.69, 9.17) is 9.47 Å². The molecule has 1 aliphatic carbocycles. The lowest BCUT2D eigenvalue weighted by atomic mass is 10.0. The van der Waals surface area contributed by atoms with Crippen molar-refractivity contribution in [3.8, 4) is 22.6 Å². The first-order chi connectivity index (χ1) is 22.8. The molecule has 0 amide bonds. The minimum Gasteiger partial charge on any atom is -0.482 e. The van der Waals surface area contributed by atoms with Gasteiger partial charge in [0.25, 0.3) is 0 Å². The van der Waals surface area contributed by atoms with Crippen LogP contribution in [0.4, 0.5) is 0 Å². The minimum atomic E-state index is -0.383. The number of hydrogen-bond acceptors (Lipinski definition) is 8. The maximum Gasteiger partial charge on any atom is 0.343 e. The topological polar surface area (TPSA) is 71.1 Å². The Hall–Kier alpha value is -3.88. The van der Waals surface area contributed by atoms with Crippen LogP contribution in [0.25, 0.3) is 11.1 Å². The molecule has 0 saturated heterocycles. The molecule has 246 valence electrons. The van der Waals surface area contributed by atoms with Crippen molar-refractivity contribution in [2.45, 2.75) is 55.7 Å². The Morgan fingerprint density at radius 1 is 0.617 bits per heavy atom. The molecular weight excluding hydrogens is 629 g/mol. The number of methoxy groups -OCH3 is 2. The van der Waals surface area contributed by atoms with E-state index in [-0.39, 0.29) is 25.2 Å². The molecule has 0 fully saturated rings. The Bertz CT molecular complexity index is 1590. The van der Waals surface area contributed by atoms with Crippen molar-refractivity contribution in [1.29, 1.82) is 0 Å². The fraction of sp³-hybridized carbons (Fsp3) is 0.333. The number of carbonyl (C=O) groups excluding carboxylic acids is 2. The van der Waals surface area contributed by atoms with Gasteiger partial charge in [-0.25, -0.2) is 9.59 Å². The third-order valence-electron chi connectivity index (χ3n) is 8.21. The Morgan fingerprint density at radius 3 is 1.47 bits per heavy atom. The molecule has 0 aromatic heterocycles.